The monoisotopic (exact) mass is 204 g/mol. The molecule has 1 atom stereocenters. The van der Waals surface area contributed by atoms with Crippen LogP contribution in [0.4, 0.5) is 13.2 Å². The summed E-state index contributed by atoms with van der Waals surface area (Å²) in [5, 5.41) is 2.79. The maximum absolute atomic E-state index is 11.6. The third-order valence-electron chi connectivity index (χ3n) is 0.995. The lowest BCUT2D eigenvalue weighted by atomic mass is 10.6. The van der Waals surface area contributed by atoms with Crippen molar-refractivity contribution in [3.05, 3.63) is 0 Å². The van der Waals surface area contributed by atoms with E-state index >= 15 is 0 Å². The van der Waals surface area contributed by atoms with Crippen molar-refractivity contribution in [1.29, 1.82) is 0 Å². The third-order valence-corrected chi connectivity index (χ3v) is 1.88. The van der Waals surface area contributed by atoms with Crippen LogP contribution in [0.15, 0.2) is 0 Å². The van der Waals surface area contributed by atoms with E-state index in [9.17, 15) is 17.4 Å². The van der Waals surface area contributed by atoms with Gasteiger partial charge in [-0.3, -0.25) is 0 Å². The summed E-state index contributed by atoms with van der Waals surface area (Å²) in [6.07, 6.45) is 0. The molecule has 12 heavy (non-hydrogen) atoms. The molecule has 74 valence electrons. The molecule has 0 fully saturated rings. The normalized spacial score (nSPS) is 14.7. The summed E-state index contributed by atoms with van der Waals surface area (Å²) in [5.74, 6) is 0. The number of rotatable bonds is 5. The fraction of sp³-hybridized carbons (Fsp3) is 1.00. The second-order valence-electron chi connectivity index (χ2n) is 1.96. The maximum atomic E-state index is 11.6. The van der Waals surface area contributed by atoms with E-state index in [1.54, 1.807) is 0 Å². The first-order chi connectivity index (χ1) is 5.48. The lowest BCUT2D eigenvalue weighted by molar-refractivity contribution is -0.0394. The quantitative estimate of drug-likeness (QED) is 0.635. The molecule has 0 aliphatic heterocycles. The smallest absolute Gasteiger partial charge is 0.316 e. The van der Waals surface area contributed by atoms with Gasteiger partial charge in [-0.1, -0.05) is 6.92 Å². The van der Waals surface area contributed by atoms with Crippen molar-refractivity contribution >= 4 is 11.0 Å². The minimum Gasteiger partial charge on any atom is -0.316 e. The number of likely N-dealkylation sites (N-methyl/N-ethyl adjacent to an activating group) is 1. The lowest BCUT2D eigenvalue weighted by Gasteiger charge is -2.07. The SMILES string of the molecule is CCNCCNS(=O)C(F)(F)F. The predicted molar refractivity (Wildman–Crippen MR) is 40.7 cm³/mol. The minimum absolute atomic E-state index is 0.0416. The van der Waals surface area contributed by atoms with Crippen molar-refractivity contribution in [1.82, 2.24) is 10.0 Å². The van der Waals surface area contributed by atoms with Crippen LogP contribution in [0.3, 0.4) is 0 Å². The average molecular weight is 204 g/mol. The van der Waals surface area contributed by atoms with Crippen LogP contribution in [0.2, 0.25) is 0 Å². The molecule has 0 heterocycles. The van der Waals surface area contributed by atoms with Crippen LogP contribution in [0, 0.1) is 0 Å². The van der Waals surface area contributed by atoms with Gasteiger partial charge >= 0.3 is 5.51 Å². The highest BCUT2D eigenvalue weighted by atomic mass is 32.2. The first-order valence-corrected chi connectivity index (χ1v) is 4.56. The zero-order chi connectivity index (χ0) is 9.61. The first-order valence-electron chi connectivity index (χ1n) is 3.41. The Bertz CT molecular complexity index is 150. The van der Waals surface area contributed by atoms with Crippen LogP contribution < -0.4 is 10.0 Å². The standard InChI is InChI=1S/C5H11F3N2OS/c1-2-9-3-4-10-12(11)5(6,7)8/h9-10H,2-4H2,1H3. The molecule has 0 spiro atoms. The Morgan fingerprint density at radius 2 is 1.92 bits per heavy atom. The topological polar surface area (TPSA) is 41.1 Å². The zero-order valence-corrected chi connectivity index (χ0v) is 7.39. The van der Waals surface area contributed by atoms with Crippen molar-refractivity contribution in [2.75, 3.05) is 19.6 Å². The first kappa shape index (κ1) is 11.9. The van der Waals surface area contributed by atoms with Crippen molar-refractivity contribution < 1.29 is 17.4 Å². The third kappa shape index (κ3) is 5.50. The van der Waals surface area contributed by atoms with E-state index in [0.717, 1.165) is 0 Å². The van der Waals surface area contributed by atoms with Gasteiger partial charge in [0.2, 0.25) is 0 Å². The fourth-order valence-electron chi connectivity index (χ4n) is 0.491. The van der Waals surface area contributed by atoms with Gasteiger partial charge in [0.1, 0.15) is 0 Å². The zero-order valence-electron chi connectivity index (χ0n) is 6.57. The molecule has 2 N–H and O–H groups in total. The van der Waals surface area contributed by atoms with E-state index in [2.05, 4.69) is 5.32 Å². The molecule has 0 aromatic heterocycles. The largest absolute Gasteiger partial charge is 0.485 e. The number of hydrogen-bond donors (Lipinski definition) is 2. The highest BCUT2D eigenvalue weighted by molar-refractivity contribution is 7.83. The molecule has 1 unspecified atom stereocenters. The molecule has 0 aromatic carbocycles. The molecule has 3 nitrogen and oxygen atoms in total. The Kier molecular flexibility index (Phi) is 5.43. The van der Waals surface area contributed by atoms with E-state index in [-0.39, 0.29) is 6.54 Å². The Balaban J connectivity index is 3.45. The second-order valence-corrected chi connectivity index (χ2v) is 3.25. The van der Waals surface area contributed by atoms with Crippen molar-refractivity contribution in [3.8, 4) is 0 Å². The summed E-state index contributed by atoms with van der Waals surface area (Å²) in [6.45, 7) is 2.93. The molecule has 0 bridgehead atoms. The second kappa shape index (κ2) is 5.50. The van der Waals surface area contributed by atoms with Gasteiger partial charge < -0.3 is 5.32 Å². The Morgan fingerprint density at radius 3 is 2.33 bits per heavy atom. The molecule has 0 aliphatic rings. The summed E-state index contributed by atoms with van der Waals surface area (Å²) in [6, 6.07) is 0. The molecular weight excluding hydrogens is 193 g/mol. The molecule has 0 amide bonds. The van der Waals surface area contributed by atoms with Gasteiger partial charge in [0, 0.05) is 13.1 Å². The Morgan fingerprint density at radius 1 is 1.33 bits per heavy atom. The van der Waals surface area contributed by atoms with Crippen molar-refractivity contribution in [3.63, 3.8) is 0 Å². The summed E-state index contributed by atoms with van der Waals surface area (Å²) in [5.41, 5.74) is -4.66. The molecule has 0 saturated heterocycles. The molecule has 0 aliphatic carbocycles. The summed E-state index contributed by atoms with van der Waals surface area (Å²) in [4.78, 5) is 0. The van der Waals surface area contributed by atoms with Crippen LogP contribution >= 0.6 is 0 Å². The van der Waals surface area contributed by atoms with Crippen LogP contribution in [0.1, 0.15) is 6.92 Å². The summed E-state index contributed by atoms with van der Waals surface area (Å²) < 4.78 is 46.8. The van der Waals surface area contributed by atoms with Crippen LogP contribution in [0.5, 0.6) is 0 Å². The van der Waals surface area contributed by atoms with E-state index in [0.29, 0.717) is 13.1 Å². The lowest BCUT2D eigenvalue weighted by Crippen LogP contribution is -2.34. The number of nitrogens with one attached hydrogen (secondary N) is 2. The Hall–Kier alpha value is -0.140. The van der Waals surface area contributed by atoms with Crippen LogP contribution in [-0.4, -0.2) is 29.4 Å². The number of alkyl halides is 3. The van der Waals surface area contributed by atoms with Crippen molar-refractivity contribution in [2.45, 2.75) is 12.4 Å². The van der Waals surface area contributed by atoms with Gasteiger partial charge in [-0.2, -0.15) is 13.2 Å². The van der Waals surface area contributed by atoms with Crippen molar-refractivity contribution in [2.24, 2.45) is 0 Å². The van der Waals surface area contributed by atoms with E-state index in [1.807, 2.05) is 11.6 Å². The summed E-state index contributed by atoms with van der Waals surface area (Å²) in [7, 11) is -2.93. The fourth-order valence-corrected chi connectivity index (χ4v) is 0.942. The molecule has 0 rings (SSSR count). The van der Waals surface area contributed by atoms with Crippen LogP contribution in [-0.2, 0) is 11.0 Å². The molecule has 0 aromatic rings. The predicted octanol–water partition coefficient (Wildman–Crippen LogP) is 0.369. The molecular formula is C5H11F3N2OS. The molecule has 0 saturated carbocycles. The number of halogens is 3. The highest BCUT2D eigenvalue weighted by Gasteiger charge is 2.36. The van der Waals surface area contributed by atoms with Gasteiger partial charge in [-0.05, 0) is 6.54 Å². The molecule has 7 heteroatoms. The summed E-state index contributed by atoms with van der Waals surface area (Å²) >= 11 is 0. The number of hydrogen-bond acceptors (Lipinski definition) is 2. The minimum atomic E-state index is -4.66. The van der Waals surface area contributed by atoms with E-state index in [4.69, 9.17) is 0 Å². The van der Waals surface area contributed by atoms with Gasteiger partial charge in [0.15, 0.2) is 11.0 Å². The maximum Gasteiger partial charge on any atom is 0.485 e. The molecule has 0 radical (unpaired) electrons. The van der Waals surface area contributed by atoms with E-state index < -0.39 is 16.5 Å². The van der Waals surface area contributed by atoms with Gasteiger partial charge in [-0.25, -0.2) is 8.93 Å². The average Bonchev–Trinajstić information content (AvgIpc) is 1.96. The van der Waals surface area contributed by atoms with E-state index in [1.165, 1.54) is 0 Å². The highest BCUT2D eigenvalue weighted by Crippen LogP contribution is 2.17. The van der Waals surface area contributed by atoms with Gasteiger partial charge in [0.05, 0.1) is 0 Å². The Labute approximate surface area is 71.3 Å². The van der Waals surface area contributed by atoms with Gasteiger partial charge in [0.25, 0.3) is 0 Å². The van der Waals surface area contributed by atoms with Crippen LogP contribution in [0.25, 0.3) is 0 Å². The van der Waals surface area contributed by atoms with Gasteiger partial charge in [-0.15, -0.1) is 0 Å².